The number of benzene rings is 1. The lowest BCUT2D eigenvalue weighted by Gasteiger charge is -2.22. The SMILES string of the molecule is CC1CCCN(C(=O)c2ccc3c(c2O)OC(C)(C)C3)CC1. The second-order valence-electron chi connectivity index (χ2n) is 7.32. The maximum atomic E-state index is 12.8. The normalized spacial score (nSPS) is 23.6. The van der Waals surface area contributed by atoms with Gasteiger partial charge < -0.3 is 14.7 Å². The van der Waals surface area contributed by atoms with Crippen LogP contribution in [0, 0.1) is 5.92 Å². The molecule has 1 N–H and O–H groups in total. The van der Waals surface area contributed by atoms with Gasteiger partial charge in [-0.25, -0.2) is 0 Å². The zero-order valence-electron chi connectivity index (χ0n) is 13.7. The molecule has 1 unspecified atom stereocenters. The number of ether oxygens (including phenoxy) is 1. The number of rotatable bonds is 1. The van der Waals surface area contributed by atoms with Crippen LogP contribution in [0.3, 0.4) is 0 Å². The minimum atomic E-state index is -0.320. The molecule has 0 aromatic heterocycles. The largest absolute Gasteiger partial charge is 0.504 e. The summed E-state index contributed by atoms with van der Waals surface area (Å²) in [6.07, 6.45) is 3.98. The van der Waals surface area contributed by atoms with E-state index in [0.717, 1.165) is 44.3 Å². The maximum absolute atomic E-state index is 12.8. The molecule has 22 heavy (non-hydrogen) atoms. The number of carbonyl (C=O) groups excluding carboxylic acids is 1. The van der Waals surface area contributed by atoms with Crippen LogP contribution in [0.2, 0.25) is 0 Å². The first-order chi connectivity index (χ1) is 10.4. The number of phenolic OH excluding ortho intramolecular Hbond substituents is 1. The summed E-state index contributed by atoms with van der Waals surface area (Å²) in [6.45, 7) is 7.75. The van der Waals surface area contributed by atoms with Crippen molar-refractivity contribution in [1.82, 2.24) is 4.90 Å². The van der Waals surface area contributed by atoms with Gasteiger partial charge in [-0.1, -0.05) is 13.0 Å². The summed E-state index contributed by atoms with van der Waals surface area (Å²) in [4.78, 5) is 14.6. The van der Waals surface area contributed by atoms with E-state index in [9.17, 15) is 9.90 Å². The summed E-state index contributed by atoms with van der Waals surface area (Å²) in [5.41, 5.74) is 1.02. The first kappa shape index (κ1) is 15.2. The Bertz CT molecular complexity index is 594. The molecule has 2 aliphatic rings. The zero-order valence-corrected chi connectivity index (χ0v) is 13.7. The van der Waals surface area contributed by atoms with Gasteiger partial charge in [-0.15, -0.1) is 0 Å². The molecule has 1 saturated heterocycles. The van der Waals surface area contributed by atoms with E-state index in [1.807, 2.05) is 24.8 Å². The van der Waals surface area contributed by atoms with Gasteiger partial charge in [-0.2, -0.15) is 0 Å². The molecule has 1 aromatic carbocycles. The van der Waals surface area contributed by atoms with Crippen LogP contribution >= 0.6 is 0 Å². The van der Waals surface area contributed by atoms with Gasteiger partial charge in [-0.05, 0) is 45.1 Å². The Kier molecular flexibility index (Phi) is 3.79. The highest BCUT2D eigenvalue weighted by atomic mass is 16.5. The van der Waals surface area contributed by atoms with E-state index in [0.29, 0.717) is 17.2 Å². The summed E-state index contributed by atoms with van der Waals surface area (Å²) in [5.74, 6) is 1.07. The molecule has 2 heterocycles. The minimum Gasteiger partial charge on any atom is -0.504 e. The molecule has 1 fully saturated rings. The smallest absolute Gasteiger partial charge is 0.257 e. The topological polar surface area (TPSA) is 49.8 Å². The van der Waals surface area contributed by atoms with Crippen LogP contribution in [0.1, 0.15) is 56.0 Å². The van der Waals surface area contributed by atoms with E-state index < -0.39 is 0 Å². The average molecular weight is 303 g/mol. The predicted octanol–water partition coefficient (Wildman–Crippen LogP) is 3.37. The lowest BCUT2D eigenvalue weighted by Crippen LogP contribution is -2.32. The maximum Gasteiger partial charge on any atom is 0.257 e. The Balaban J connectivity index is 1.85. The molecule has 1 amide bonds. The standard InChI is InChI=1S/C18H25NO3/c1-12-5-4-9-19(10-8-12)17(21)14-7-6-13-11-18(2,3)22-16(13)15(14)20/h6-7,12,20H,4-5,8-11H2,1-3H3. The summed E-state index contributed by atoms with van der Waals surface area (Å²) in [7, 11) is 0. The molecular weight excluding hydrogens is 278 g/mol. The van der Waals surface area contributed by atoms with Crippen LogP contribution in [0.15, 0.2) is 12.1 Å². The monoisotopic (exact) mass is 303 g/mol. The molecule has 0 aliphatic carbocycles. The Labute approximate surface area is 132 Å². The third-order valence-corrected chi connectivity index (χ3v) is 4.74. The predicted molar refractivity (Wildman–Crippen MR) is 85.4 cm³/mol. The fourth-order valence-corrected chi connectivity index (χ4v) is 3.45. The molecule has 0 radical (unpaired) electrons. The van der Waals surface area contributed by atoms with Crippen LogP contribution in [0.5, 0.6) is 11.5 Å². The number of nitrogens with zero attached hydrogens (tertiary/aromatic N) is 1. The van der Waals surface area contributed by atoms with Gasteiger partial charge in [-0.3, -0.25) is 4.79 Å². The Morgan fingerprint density at radius 1 is 1.32 bits per heavy atom. The number of likely N-dealkylation sites (tertiary alicyclic amines) is 1. The number of hydrogen-bond donors (Lipinski definition) is 1. The van der Waals surface area contributed by atoms with Crippen molar-refractivity contribution in [2.24, 2.45) is 5.92 Å². The molecule has 0 bridgehead atoms. The third-order valence-electron chi connectivity index (χ3n) is 4.74. The highest BCUT2D eigenvalue weighted by Crippen LogP contribution is 2.43. The molecule has 1 aromatic rings. The molecule has 0 saturated carbocycles. The van der Waals surface area contributed by atoms with E-state index >= 15 is 0 Å². The second-order valence-corrected chi connectivity index (χ2v) is 7.32. The lowest BCUT2D eigenvalue weighted by molar-refractivity contribution is 0.0754. The Morgan fingerprint density at radius 3 is 2.86 bits per heavy atom. The molecule has 1 atom stereocenters. The second kappa shape index (κ2) is 5.49. The summed E-state index contributed by atoms with van der Waals surface area (Å²) in [6, 6.07) is 3.66. The van der Waals surface area contributed by atoms with Crippen molar-refractivity contribution in [1.29, 1.82) is 0 Å². The Hall–Kier alpha value is -1.71. The van der Waals surface area contributed by atoms with Gasteiger partial charge in [0.2, 0.25) is 0 Å². The van der Waals surface area contributed by atoms with Gasteiger partial charge in [0.05, 0.1) is 5.56 Å². The fourth-order valence-electron chi connectivity index (χ4n) is 3.45. The molecule has 0 spiro atoms. The van der Waals surface area contributed by atoms with Gasteiger partial charge in [0.1, 0.15) is 5.60 Å². The summed E-state index contributed by atoms with van der Waals surface area (Å²) < 4.78 is 5.82. The first-order valence-electron chi connectivity index (χ1n) is 8.20. The van der Waals surface area contributed by atoms with Crippen molar-refractivity contribution >= 4 is 5.91 Å². The van der Waals surface area contributed by atoms with E-state index in [-0.39, 0.29) is 17.3 Å². The number of hydrogen-bond acceptors (Lipinski definition) is 3. The molecule has 4 heteroatoms. The van der Waals surface area contributed by atoms with Crippen molar-refractivity contribution in [2.45, 2.75) is 52.1 Å². The van der Waals surface area contributed by atoms with Crippen LogP contribution in [-0.4, -0.2) is 34.6 Å². The highest BCUT2D eigenvalue weighted by Gasteiger charge is 2.34. The first-order valence-corrected chi connectivity index (χ1v) is 8.20. The van der Waals surface area contributed by atoms with Gasteiger partial charge in [0, 0.05) is 25.1 Å². The summed E-state index contributed by atoms with van der Waals surface area (Å²) in [5, 5.41) is 10.5. The highest BCUT2D eigenvalue weighted by molar-refractivity contribution is 5.98. The molecular formula is C18H25NO3. The van der Waals surface area contributed by atoms with E-state index in [2.05, 4.69) is 6.92 Å². The number of carbonyl (C=O) groups is 1. The quantitative estimate of drug-likeness (QED) is 0.865. The third kappa shape index (κ3) is 2.79. The molecule has 120 valence electrons. The van der Waals surface area contributed by atoms with E-state index in [4.69, 9.17) is 4.74 Å². The van der Waals surface area contributed by atoms with Crippen molar-refractivity contribution in [2.75, 3.05) is 13.1 Å². The number of amides is 1. The molecule has 4 nitrogen and oxygen atoms in total. The van der Waals surface area contributed by atoms with Crippen molar-refractivity contribution in [3.63, 3.8) is 0 Å². The zero-order chi connectivity index (χ0) is 15.9. The number of aromatic hydroxyl groups is 1. The summed E-state index contributed by atoms with van der Waals surface area (Å²) >= 11 is 0. The van der Waals surface area contributed by atoms with Crippen molar-refractivity contribution in [3.8, 4) is 11.5 Å². The fraction of sp³-hybridized carbons (Fsp3) is 0.611. The lowest BCUT2D eigenvalue weighted by atomic mass is 10.00. The molecule has 2 aliphatic heterocycles. The van der Waals surface area contributed by atoms with Gasteiger partial charge >= 0.3 is 0 Å². The van der Waals surface area contributed by atoms with Gasteiger partial charge in [0.25, 0.3) is 5.91 Å². The van der Waals surface area contributed by atoms with E-state index in [1.165, 1.54) is 0 Å². The average Bonchev–Trinajstić information content (AvgIpc) is 2.62. The Morgan fingerprint density at radius 2 is 2.09 bits per heavy atom. The van der Waals surface area contributed by atoms with Crippen molar-refractivity contribution in [3.05, 3.63) is 23.3 Å². The number of fused-ring (bicyclic) bond motifs is 1. The number of phenols is 1. The van der Waals surface area contributed by atoms with E-state index in [1.54, 1.807) is 6.07 Å². The molecule has 3 rings (SSSR count). The van der Waals surface area contributed by atoms with Crippen LogP contribution < -0.4 is 4.74 Å². The van der Waals surface area contributed by atoms with Gasteiger partial charge in [0.15, 0.2) is 11.5 Å². The van der Waals surface area contributed by atoms with Crippen LogP contribution in [-0.2, 0) is 6.42 Å². The van der Waals surface area contributed by atoms with Crippen molar-refractivity contribution < 1.29 is 14.6 Å². The minimum absolute atomic E-state index is 0.00497. The van der Waals surface area contributed by atoms with Crippen LogP contribution in [0.25, 0.3) is 0 Å². The van der Waals surface area contributed by atoms with Crippen LogP contribution in [0.4, 0.5) is 0 Å².